The van der Waals surface area contributed by atoms with Gasteiger partial charge < -0.3 is 15.5 Å². The highest BCUT2D eigenvalue weighted by atomic mass is 32.1. The van der Waals surface area contributed by atoms with Crippen molar-refractivity contribution >= 4 is 39.5 Å². The van der Waals surface area contributed by atoms with Crippen molar-refractivity contribution in [3.05, 3.63) is 64.9 Å². The van der Waals surface area contributed by atoms with Gasteiger partial charge in [0.15, 0.2) is 10.8 Å². The summed E-state index contributed by atoms with van der Waals surface area (Å²) in [6.45, 7) is 4.65. The molecule has 1 aliphatic heterocycles. The number of rotatable bonds is 6. The SMILES string of the molecule is CC(C)Nc1nc(C(=O)Nc2cnn3ccc(N4CCCC4c4cc(F)ccc4F)nc23)cs1. The van der Waals surface area contributed by atoms with E-state index < -0.39 is 11.6 Å². The second kappa shape index (κ2) is 8.98. The Labute approximate surface area is 198 Å². The highest BCUT2D eigenvalue weighted by Crippen LogP contribution is 2.37. The number of aromatic nitrogens is 4. The van der Waals surface area contributed by atoms with Crippen LogP contribution in [-0.2, 0) is 0 Å². The average Bonchev–Trinajstić information content (AvgIpc) is 3.55. The van der Waals surface area contributed by atoms with Crippen LogP contribution in [0.2, 0.25) is 0 Å². The van der Waals surface area contributed by atoms with Crippen molar-refractivity contribution in [3.8, 4) is 0 Å². The number of benzene rings is 1. The molecule has 1 amide bonds. The van der Waals surface area contributed by atoms with Gasteiger partial charge in [0.05, 0.1) is 12.2 Å². The van der Waals surface area contributed by atoms with Gasteiger partial charge in [0.2, 0.25) is 0 Å². The van der Waals surface area contributed by atoms with Crippen LogP contribution in [0.4, 0.5) is 25.4 Å². The van der Waals surface area contributed by atoms with Gasteiger partial charge in [-0.25, -0.2) is 23.3 Å². The zero-order chi connectivity index (χ0) is 23.8. The summed E-state index contributed by atoms with van der Waals surface area (Å²) >= 11 is 1.36. The Morgan fingerprint density at radius 1 is 1.24 bits per heavy atom. The maximum Gasteiger partial charge on any atom is 0.275 e. The second-order valence-electron chi connectivity index (χ2n) is 8.42. The summed E-state index contributed by atoms with van der Waals surface area (Å²) in [6, 6.07) is 5.19. The first kappa shape index (κ1) is 22.2. The van der Waals surface area contributed by atoms with Crippen LogP contribution in [0.1, 0.15) is 48.8 Å². The second-order valence-corrected chi connectivity index (χ2v) is 9.28. The van der Waals surface area contributed by atoms with Crippen LogP contribution < -0.4 is 15.5 Å². The minimum Gasteiger partial charge on any atom is -0.359 e. The van der Waals surface area contributed by atoms with Gasteiger partial charge in [-0.05, 0) is 51.0 Å². The fourth-order valence-electron chi connectivity index (χ4n) is 4.12. The van der Waals surface area contributed by atoms with E-state index >= 15 is 0 Å². The van der Waals surface area contributed by atoms with E-state index in [-0.39, 0.29) is 18.0 Å². The lowest BCUT2D eigenvalue weighted by atomic mass is 10.0. The molecule has 1 saturated heterocycles. The quantitative estimate of drug-likeness (QED) is 0.407. The molecule has 34 heavy (non-hydrogen) atoms. The topological polar surface area (TPSA) is 87.4 Å². The zero-order valence-electron chi connectivity index (χ0n) is 18.6. The van der Waals surface area contributed by atoms with E-state index in [2.05, 4.69) is 20.7 Å². The molecule has 0 bridgehead atoms. The Balaban J connectivity index is 1.41. The summed E-state index contributed by atoms with van der Waals surface area (Å²) in [5.74, 6) is -0.671. The molecule has 4 aromatic rings. The van der Waals surface area contributed by atoms with Crippen molar-refractivity contribution < 1.29 is 13.6 Å². The van der Waals surface area contributed by atoms with Gasteiger partial charge in [-0.3, -0.25) is 4.79 Å². The molecule has 1 fully saturated rings. The van der Waals surface area contributed by atoms with Gasteiger partial charge in [0, 0.05) is 29.7 Å². The molecule has 3 aromatic heterocycles. The van der Waals surface area contributed by atoms with E-state index in [1.165, 1.54) is 23.6 Å². The fraction of sp³-hybridized carbons (Fsp3) is 0.304. The van der Waals surface area contributed by atoms with E-state index in [9.17, 15) is 13.6 Å². The summed E-state index contributed by atoms with van der Waals surface area (Å²) in [6.07, 6.45) is 4.77. The van der Waals surface area contributed by atoms with Crippen LogP contribution in [0.25, 0.3) is 5.65 Å². The van der Waals surface area contributed by atoms with Crippen LogP contribution in [0.5, 0.6) is 0 Å². The Morgan fingerprint density at radius 2 is 2.09 bits per heavy atom. The van der Waals surface area contributed by atoms with Gasteiger partial charge in [-0.1, -0.05) is 0 Å². The molecule has 0 aliphatic carbocycles. The predicted octanol–water partition coefficient (Wildman–Crippen LogP) is 4.88. The number of hydrogen-bond acceptors (Lipinski definition) is 7. The molecule has 5 rings (SSSR count). The molecule has 0 saturated carbocycles. The van der Waals surface area contributed by atoms with Crippen LogP contribution in [0.3, 0.4) is 0 Å². The summed E-state index contributed by atoms with van der Waals surface area (Å²) < 4.78 is 29.8. The number of nitrogens with zero attached hydrogens (tertiary/aromatic N) is 5. The molecule has 176 valence electrons. The highest BCUT2D eigenvalue weighted by molar-refractivity contribution is 7.13. The molecule has 2 N–H and O–H groups in total. The number of carbonyl (C=O) groups excluding carboxylic acids is 1. The van der Waals surface area contributed by atoms with Gasteiger partial charge in [-0.15, -0.1) is 11.3 Å². The van der Waals surface area contributed by atoms with Crippen molar-refractivity contribution in [2.24, 2.45) is 0 Å². The molecule has 0 spiro atoms. The van der Waals surface area contributed by atoms with Gasteiger partial charge in [0.25, 0.3) is 5.91 Å². The third-order valence-corrected chi connectivity index (χ3v) is 6.39. The lowest BCUT2D eigenvalue weighted by molar-refractivity contribution is 0.102. The Hall–Kier alpha value is -3.60. The number of fused-ring (bicyclic) bond motifs is 1. The molecule has 1 aromatic carbocycles. The van der Waals surface area contributed by atoms with Crippen molar-refractivity contribution in [1.82, 2.24) is 19.6 Å². The first-order valence-corrected chi connectivity index (χ1v) is 11.9. The number of halogens is 2. The molecule has 1 unspecified atom stereocenters. The smallest absolute Gasteiger partial charge is 0.275 e. The van der Waals surface area contributed by atoms with Gasteiger partial charge in [0.1, 0.15) is 28.8 Å². The van der Waals surface area contributed by atoms with Crippen LogP contribution >= 0.6 is 11.3 Å². The monoisotopic (exact) mass is 483 g/mol. The van der Waals surface area contributed by atoms with Crippen LogP contribution in [-0.4, -0.2) is 38.1 Å². The minimum atomic E-state index is -0.471. The average molecular weight is 484 g/mol. The molecule has 4 heterocycles. The van der Waals surface area contributed by atoms with Crippen LogP contribution in [0.15, 0.2) is 42.0 Å². The van der Waals surface area contributed by atoms with Gasteiger partial charge in [-0.2, -0.15) is 5.10 Å². The van der Waals surface area contributed by atoms with E-state index in [0.29, 0.717) is 46.5 Å². The lowest BCUT2D eigenvalue weighted by Crippen LogP contribution is -2.24. The van der Waals surface area contributed by atoms with E-state index in [4.69, 9.17) is 4.98 Å². The van der Waals surface area contributed by atoms with Gasteiger partial charge >= 0.3 is 0 Å². The molecular weight excluding hydrogens is 460 g/mol. The number of thiazole rings is 1. The maximum absolute atomic E-state index is 14.5. The Bertz CT molecular complexity index is 1350. The Kier molecular flexibility index (Phi) is 5.86. The molecular formula is C23H23F2N7OS. The zero-order valence-corrected chi connectivity index (χ0v) is 19.4. The molecule has 1 atom stereocenters. The predicted molar refractivity (Wildman–Crippen MR) is 127 cm³/mol. The van der Waals surface area contributed by atoms with Crippen molar-refractivity contribution in [2.75, 3.05) is 22.1 Å². The Morgan fingerprint density at radius 3 is 2.91 bits per heavy atom. The normalized spacial score (nSPS) is 15.9. The third kappa shape index (κ3) is 4.30. The van der Waals surface area contributed by atoms with Crippen molar-refractivity contribution in [1.29, 1.82) is 0 Å². The van der Waals surface area contributed by atoms with E-state index in [0.717, 1.165) is 18.6 Å². The summed E-state index contributed by atoms with van der Waals surface area (Å²) in [7, 11) is 0. The number of nitrogens with one attached hydrogen (secondary N) is 2. The van der Waals surface area contributed by atoms with Crippen LogP contribution in [0, 0.1) is 11.6 Å². The summed E-state index contributed by atoms with van der Waals surface area (Å²) in [5, 5.41) is 12.6. The minimum absolute atomic E-state index is 0.208. The fourth-order valence-corrected chi connectivity index (χ4v) is 4.96. The first-order chi connectivity index (χ1) is 16.4. The van der Waals surface area contributed by atoms with E-state index in [1.807, 2.05) is 18.7 Å². The number of hydrogen-bond donors (Lipinski definition) is 2. The largest absolute Gasteiger partial charge is 0.359 e. The number of amides is 1. The standard InChI is InChI=1S/C23H23F2N7OS/c1-13(2)27-23-29-18(12-34-23)22(33)28-17-11-26-32-9-7-20(30-21(17)32)31-8-3-4-19(31)15-10-14(24)5-6-16(15)25/h5-7,9-13,19H,3-4,8H2,1-2H3,(H,27,29)(H,28,33). The molecule has 8 nitrogen and oxygen atoms in total. The molecule has 0 radical (unpaired) electrons. The molecule has 11 heteroatoms. The molecule has 1 aliphatic rings. The first-order valence-electron chi connectivity index (χ1n) is 11.0. The lowest BCUT2D eigenvalue weighted by Gasteiger charge is -2.26. The highest BCUT2D eigenvalue weighted by Gasteiger charge is 2.30. The number of carbonyl (C=O) groups is 1. The van der Waals surface area contributed by atoms with Crippen molar-refractivity contribution in [2.45, 2.75) is 38.8 Å². The number of anilines is 3. The summed E-state index contributed by atoms with van der Waals surface area (Å²) in [4.78, 5) is 23.7. The van der Waals surface area contributed by atoms with Crippen molar-refractivity contribution in [3.63, 3.8) is 0 Å². The third-order valence-electron chi connectivity index (χ3n) is 5.62. The van der Waals surface area contributed by atoms with E-state index in [1.54, 1.807) is 22.2 Å². The maximum atomic E-state index is 14.5. The summed E-state index contributed by atoms with van der Waals surface area (Å²) in [5.41, 5.74) is 1.50.